The lowest BCUT2D eigenvalue weighted by Crippen LogP contribution is -2.40. The molecule has 0 radical (unpaired) electrons. The second kappa shape index (κ2) is 29.8. The summed E-state index contributed by atoms with van der Waals surface area (Å²) in [6.07, 6.45) is 12.8. The molecular formula is C63H64O17. The van der Waals surface area contributed by atoms with Crippen molar-refractivity contribution in [3.63, 3.8) is 0 Å². The third kappa shape index (κ3) is 17.0. The van der Waals surface area contributed by atoms with E-state index in [2.05, 4.69) is 6.92 Å². The van der Waals surface area contributed by atoms with E-state index in [1.54, 1.807) is 54.6 Å². The number of para-hydroxylation sites is 2. The highest BCUT2D eigenvalue weighted by Gasteiger charge is 2.37. The van der Waals surface area contributed by atoms with E-state index in [0.29, 0.717) is 35.2 Å². The third-order valence-electron chi connectivity index (χ3n) is 12.3. The number of hydrogen-bond donors (Lipinski definition) is 9. The summed E-state index contributed by atoms with van der Waals surface area (Å²) in [5.74, 6) is -3.94. The van der Waals surface area contributed by atoms with Crippen LogP contribution in [0.25, 0.3) is 0 Å². The van der Waals surface area contributed by atoms with E-state index in [4.69, 9.17) is 24.1 Å². The van der Waals surface area contributed by atoms with Gasteiger partial charge in [-0.2, -0.15) is 0 Å². The van der Waals surface area contributed by atoms with Crippen LogP contribution in [-0.2, 0) is 0 Å². The molecule has 0 bridgehead atoms. The van der Waals surface area contributed by atoms with Gasteiger partial charge >= 0.3 is 0 Å². The first-order valence-corrected chi connectivity index (χ1v) is 25.2. The monoisotopic (exact) mass is 1090 g/mol. The minimum Gasteiger partial charge on any atom is -0.508 e. The maximum atomic E-state index is 12.4. The number of aliphatic hydroxyl groups is 2. The maximum Gasteiger partial charge on any atom is 0.200 e. The molecule has 1 atom stereocenters. The molecule has 0 saturated heterocycles. The Morgan fingerprint density at radius 3 is 1.20 bits per heavy atom. The number of hydrogen-bond acceptors (Lipinski definition) is 17. The Balaban J connectivity index is 0.000000198. The summed E-state index contributed by atoms with van der Waals surface area (Å²) in [7, 11) is 4.40. The Morgan fingerprint density at radius 1 is 0.438 bits per heavy atom. The molecule has 7 aromatic carbocycles. The first-order valence-electron chi connectivity index (χ1n) is 25.2. The van der Waals surface area contributed by atoms with Gasteiger partial charge in [0.1, 0.15) is 63.2 Å². The molecule has 0 heterocycles. The van der Waals surface area contributed by atoms with Gasteiger partial charge < -0.3 is 64.9 Å². The van der Waals surface area contributed by atoms with E-state index in [1.807, 2.05) is 0 Å². The molecule has 1 aliphatic rings. The molecule has 17 nitrogen and oxygen atoms in total. The van der Waals surface area contributed by atoms with Gasteiger partial charge in [-0.25, -0.2) is 0 Å². The lowest BCUT2D eigenvalue weighted by Gasteiger charge is -2.27. The van der Waals surface area contributed by atoms with Crippen LogP contribution >= 0.6 is 0 Å². The molecule has 1 aliphatic carbocycles. The van der Waals surface area contributed by atoms with Crippen molar-refractivity contribution in [1.29, 1.82) is 0 Å². The Hall–Kier alpha value is -9.58. The molecule has 80 heavy (non-hydrogen) atoms. The fourth-order valence-corrected chi connectivity index (χ4v) is 7.83. The number of methoxy groups -OCH3 is 3. The number of ether oxygens (including phenoxy) is 4. The van der Waals surface area contributed by atoms with Crippen molar-refractivity contribution in [1.82, 2.24) is 0 Å². The van der Waals surface area contributed by atoms with Gasteiger partial charge in [-0.1, -0.05) is 81.5 Å². The zero-order chi connectivity index (χ0) is 58.4. The van der Waals surface area contributed by atoms with Crippen molar-refractivity contribution in [2.75, 3.05) is 27.9 Å². The van der Waals surface area contributed by atoms with Crippen LogP contribution in [0.3, 0.4) is 0 Å². The Morgan fingerprint density at radius 2 is 0.812 bits per heavy atom. The highest BCUT2D eigenvalue weighted by atomic mass is 16.5. The van der Waals surface area contributed by atoms with Gasteiger partial charge in [-0.3, -0.25) is 19.2 Å². The summed E-state index contributed by atoms with van der Waals surface area (Å²) in [5.41, 5.74) is 1.08. The number of phenols is 7. The molecule has 1 unspecified atom stereocenters. The van der Waals surface area contributed by atoms with Gasteiger partial charge in [-0.15, -0.1) is 0 Å². The first kappa shape index (κ1) is 61.3. The van der Waals surface area contributed by atoms with Gasteiger partial charge in [-0.05, 0) is 110 Å². The molecule has 0 aliphatic heterocycles. The number of carbonyl (C=O) groups is 4. The van der Waals surface area contributed by atoms with Crippen LogP contribution in [0.15, 0.2) is 170 Å². The zero-order valence-electron chi connectivity index (χ0n) is 44.5. The molecule has 17 heteroatoms. The van der Waals surface area contributed by atoms with Crippen molar-refractivity contribution in [3.8, 4) is 63.2 Å². The van der Waals surface area contributed by atoms with Crippen LogP contribution in [0.1, 0.15) is 104 Å². The van der Waals surface area contributed by atoms with Crippen molar-refractivity contribution in [2.24, 2.45) is 5.92 Å². The maximum absolute atomic E-state index is 12.4. The molecule has 0 amide bonds. The van der Waals surface area contributed by atoms with E-state index in [-0.39, 0.29) is 73.6 Å². The normalized spacial score (nSPS) is 12.7. The summed E-state index contributed by atoms with van der Waals surface area (Å²) >= 11 is 0. The van der Waals surface area contributed by atoms with Crippen molar-refractivity contribution in [3.05, 3.63) is 209 Å². The molecule has 0 aromatic heterocycles. The zero-order valence-corrected chi connectivity index (χ0v) is 44.5. The second-order valence-electron chi connectivity index (χ2n) is 17.9. The lowest BCUT2D eigenvalue weighted by atomic mass is 9.87. The summed E-state index contributed by atoms with van der Waals surface area (Å²) in [6.45, 7) is 2.79. The Kier molecular flexibility index (Phi) is 22.8. The van der Waals surface area contributed by atoms with Crippen molar-refractivity contribution in [2.45, 2.75) is 51.2 Å². The molecule has 9 N–H and O–H groups in total. The molecule has 8 rings (SSSR count). The van der Waals surface area contributed by atoms with Crippen LogP contribution in [-0.4, -0.2) is 103 Å². The number of Topliss-reactive ketones (excluding diaryl/α,β-unsaturated/α-hetero) is 1. The average Bonchev–Trinajstić information content (AvgIpc) is 3.45. The fraction of sp³-hybridized carbons (Fsp3) is 0.206. The molecule has 0 spiro atoms. The predicted octanol–water partition coefficient (Wildman–Crippen LogP) is 10.7. The van der Waals surface area contributed by atoms with Crippen LogP contribution in [0.5, 0.6) is 63.2 Å². The Bertz CT molecular complexity index is 3230. The number of carbonyl (C=O) groups excluding carboxylic acids is 4. The van der Waals surface area contributed by atoms with Crippen molar-refractivity contribution >= 4 is 23.1 Å². The number of aromatic hydroxyl groups is 7. The number of phenolic OH excluding ortho intramolecular Hbond substituents is 7. The average molecular weight is 1090 g/mol. The fourth-order valence-electron chi connectivity index (χ4n) is 7.83. The first-order chi connectivity index (χ1) is 38.3. The second-order valence-corrected chi connectivity index (χ2v) is 17.9. The van der Waals surface area contributed by atoms with Crippen LogP contribution in [0.4, 0.5) is 0 Å². The summed E-state index contributed by atoms with van der Waals surface area (Å²) in [5, 5.41) is 87.4. The van der Waals surface area contributed by atoms with Gasteiger partial charge in [0.05, 0.1) is 67.2 Å². The summed E-state index contributed by atoms with van der Waals surface area (Å²) in [4.78, 5) is 48.9. The minimum atomic E-state index is -2.16. The van der Waals surface area contributed by atoms with E-state index < -0.39 is 34.8 Å². The number of rotatable bonds is 19. The third-order valence-corrected chi connectivity index (χ3v) is 12.3. The van der Waals surface area contributed by atoms with Crippen LogP contribution < -0.4 is 18.9 Å². The SMILES string of the molecule is CCCCCCCCOc1ccc(C(=O)c2ccccc2O)c(O)c1.COc1ccc(C(=O)c2ccc(OC)cc2O)c(O)c1.COc1ccc(C(=O)c2ccccc2O)c(O)c1.O=C(c1ccc(O)cc1)C1C=CC=CC1(O)O. The molecule has 418 valence electrons. The lowest BCUT2D eigenvalue weighted by molar-refractivity contribution is -0.136. The smallest absolute Gasteiger partial charge is 0.200 e. The Labute approximate surface area is 462 Å². The quantitative estimate of drug-likeness (QED) is 0.0207. The largest absolute Gasteiger partial charge is 0.508 e. The highest BCUT2D eigenvalue weighted by Crippen LogP contribution is 2.33. The highest BCUT2D eigenvalue weighted by molar-refractivity contribution is 6.13. The van der Waals surface area contributed by atoms with E-state index >= 15 is 0 Å². The molecular weight excluding hydrogens is 1030 g/mol. The number of allylic oxidation sites excluding steroid dienone is 2. The summed E-state index contributed by atoms with van der Waals surface area (Å²) in [6, 6.07) is 35.9. The molecule has 7 aromatic rings. The topological polar surface area (TPSA) is 287 Å². The minimum absolute atomic E-state index is 0.0555. The van der Waals surface area contributed by atoms with Gasteiger partial charge in [0.25, 0.3) is 0 Å². The van der Waals surface area contributed by atoms with Gasteiger partial charge in [0.2, 0.25) is 0 Å². The van der Waals surface area contributed by atoms with Crippen LogP contribution in [0, 0.1) is 5.92 Å². The van der Waals surface area contributed by atoms with E-state index in [9.17, 15) is 60.0 Å². The standard InChI is InChI=1S/C21H26O4.C15H14O5.C14H12O4.C13H12O4/c1-2-3-4-5-6-9-14-25-16-12-13-18(20(23)15-16)21(24)17-10-7-8-11-19(17)22;1-19-9-3-5-11(13(16)7-9)15(18)12-6-4-10(20-2)8-14(12)17;1-18-9-6-7-11(13(16)8-9)14(17)10-4-2-3-5-12(10)15;14-10-6-4-9(5-7-10)12(15)11-3-1-2-8-13(11,16)17/h7-8,10-13,15,22-23H,2-6,9,14H2,1H3;3-8,16-17H,1-2H3;2-8,15-16H,1H3;1-8,11,14,16-17H. The number of unbranched alkanes of at least 4 members (excludes halogenated alkanes) is 5. The molecule has 0 saturated carbocycles. The van der Waals surface area contributed by atoms with Crippen LogP contribution in [0.2, 0.25) is 0 Å². The van der Waals surface area contributed by atoms with Gasteiger partial charge in [0, 0.05) is 29.8 Å². The van der Waals surface area contributed by atoms with E-state index in [1.165, 1.54) is 156 Å². The predicted molar refractivity (Wildman–Crippen MR) is 299 cm³/mol. The van der Waals surface area contributed by atoms with Crippen molar-refractivity contribution < 1.29 is 84.1 Å². The summed E-state index contributed by atoms with van der Waals surface area (Å²) < 4.78 is 20.5. The van der Waals surface area contributed by atoms with E-state index in [0.717, 1.165) is 18.9 Å². The molecule has 0 fully saturated rings. The number of ketones is 4. The van der Waals surface area contributed by atoms with Gasteiger partial charge in [0.15, 0.2) is 28.9 Å². The number of benzene rings is 7.